The number of anilines is 2. The SMILES string of the molecule is CC[C@@H](N)C(=O)Nc1cc(NC(C)=O)ccc1F. The number of amides is 2. The van der Waals surface area contributed by atoms with E-state index in [1.165, 1.54) is 25.1 Å². The molecule has 1 aromatic rings. The summed E-state index contributed by atoms with van der Waals surface area (Å²) in [7, 11) is 0. The molecule has 18 heavy (non-hydrogen) atoms. The van der Waals surface area contributed by atoms with Crippen molar-refractivity contribution in [2.75, 3.05) is 10.6 Å². The van der Waals surface area contributed by atoms with E-state index in [0.29, 0.717) is 12.1 Å². The Morgan fingerprint density at radius 1 is 1.39 bits per heavy atom. The van der Waals surface area contributed by atoms with Crippen molar-refractivity contribution in [2.45, 2.75) is 26.3 Å². The maximum atomic E-state index is 13.5. The van der Waals surface area contributed by atoms with Gasteiger partial charge in [-0.25, -0.2) is 4.39 Å². The van der Waals surface area contributed by atoms with Crippen molar-refractivity contribution in [3.8, 4) is 0 Å². The summed E-state index contributed by atoms with van der Waals surface area (Å²) in [5.74, 6) is -1.32. The highest BCUT2D eigenvalue weighted by atomic mass is 19.1. The summed E-state index contributed by atoms with van der Waals surface area (Å²) in [6.45, 7) is 3.10. The summed E-state index contributed by atoms with van der Waals surface area (Å²) in [4.78, 5) is 22.4. The molecule has 0 radical (unpaired) electrons. The number of nitrogens with two attached hydrogens (primary N) is 1. The minimum absolute atomic E-state index is 0.00449. The molecule has 5 nitrogen and oxygen atoms in total. The number of rotatable bonds is 4. The van der Waals surface area contributed by atoms with Crippen LogP contribution in [0, 0.1) is 5.82 Å². The first-order valence-corrected chi connectivity index (χ1v) is 5.57. The summed E-state index contributed by atoms with van der Waals surface area (Å²) in [5, 5.41) is 4.88. The van der Waals surface area contributed by atoms with Gasteiger partial charge in [-0.1, -0.05) is 6.92 Å². The van der Waals surface area contributed by atoms with E-state index < -0.39 is 17.8 Å². The summed E-state index contributed by atoms with van der Waals surface area (Å²) in [6.07, 6.45) is 0.457. The lowest BCUT2D eigenvalue weighted by Crippen LogP contribution is -2.35. The molecule has 0 saturated heterocycles. The zero-order chi connectivity index (χ0) is 13.7. The van der Waals surface area contributed by atoms with E-state index in [-0.39, 0.29) is 11.6 Å². The van der Waals surface area contributed by atoms with Gasteiger partial charge in [-0.15, -0.1) is 0 Å². The Morgan fingerprint density at radius 3 is 2.61 bits per heavy atom. The number of halogens is 1. The van der Waals surface area contributed by atoms with Gasteiger partial charge in [0, 0.05) is 12.6 Å². The fourth-order valence-electron chi connectivity index (χ4n) is 1.31. The lowest BCUT2D eigenvalue weighted by Gasteiger charge is -2.12. The molecule has 4 N–H and O–H groups in total. The Kier molecular flexibility index (Phi) is 4.79. The van der Waals surface area contributed by atoms with Crippen molar-refractivity contribution in [3.63, 3.8) is 0 Å². The largest absolute Gasteiger partial charge is 0.326 e. The summed E-state index contributed by atoms with van der Waals surface area (Å²) in [5.41, 5.74) is 5.93. The summed E-state index contributed by atoms with van der Waals surface area (Å²) in [6, 6.07) is 3.23. The van der Waals surface area contributed by atoms with Crippen molar-refractivity contribution >= 4 is 23.2 Å². The third-order valence-electron chi connectivity index (χ3n) is 2.32. The van der Waals surface area contributed by atoms with E-state index in [4.69, 9.17) is 5.73 Å². The van der Waals surface area contributed by atoms with Gasteiger partial charge in [0.1, 0.15) is 5.82 Å². The minimum atomic E-state index is -0.686. The molecule has 98 valence electrons. The second-order valence-electron chi connectivity index (χ2n) is 3.88. The van der Waals surface area contributed by atoms with Crippen LogP contribution in [-0.2, 0) is 9.59 Å². The number of hydrogen-bond acceptors (Lipinski definition) is 3. The molecule has 0 aliphatic carbocycles. The molecule has 1 aromatic carbocycles. The zero-order valence-corrected chi connectivity index (χ0v) is 10.3. The lowest BCUT2D eigenvalue weighted by molar-refractivity contribution is -0.117. The number of carbonyl (C=O) groups excluding carboxylic acids is 2. The smallest absolute Gasteiger partial charge is 0.241 e. The molecule has 0 aliphatic rings. The van der Waals surface area contributed by atoms with Gasteiger partial charge < -0.3 is 16.4 Å². The number of carbonyl (C=O) groups is 2. The molecule has 0 heterocycles. The van der Waals surface area contributed by atoms with Crippen molar-refractivity contribution < 1.29 is 14.0 Å². The first-order valence-electron chi connectivity index (χ1n) is 5.57. The van der Waals surface area contributed by atoms with Gasteiger partial charge in [0.15, 0.2) is 0 Å². The Labute approximate surface area is 105 Å². The van der Waals surface area contributed by atoms with Gasteiger partial charge in [-0.3, -0.25) is 9.59 Å². The Hall–Kier alpha value is -1.95. The quantitative estimate of drug-likeness (QED) is 0.759. The predicted octanol–water partition coefficient (Wildman–Crippen LogP) is 1.46. The topological polar surface area (TPSA) is 84.2 Å². The van der Waals surface area contributed by atoms with Crippen LogP contribution < -0.4 is 16.4 Å². The van der Waals surface area contributed by atoms with E-state index in [2.05, 4.69) is 10.6 Å². The highest BCUT2D eigenvalue weighted by molar-refractivity contribution is 5.96. The molecular formula is C12H16FN3O2. The van der Waals surface area contributed by atoms with Crippen molar-refractivity contribution in [1.29, 1.82) is 0 Å². The highest BCUT2D eigenvalue weighted by Crippen LogP contribution is 2.19. The second kappa shape index (κ2) is 6.11. The van der Waals surface area contributed by atoms with Gasteiger partial charge in [0.25, 0.3) is 0 Å². The van der Waals surface area contributed by atoms with Crippen LogP contribution in [0.2, 0.25) is 0 Å². The average Bonchev–Trinajstić information content (AvgIpc) is 2.31. The molecule has 0 fully saturated rings. The number of benzene rings is 1. The number of hydrogen-bond donors (Lipinski definition) is 3. The maximum absolute atomic E-state index is 13.5. The molecular weight excluding hydrogens is 237 g/mol. The van der Waals surface area contributed by atoms with Crippen LogP contribution in [0.1, 0.15) is 20.3 Å². The molecule has 2 amide bonds. The zero-order valence-electron chi connectivity index (χ0n) is 10.3. The Morgan fingerprint density at radius 2 is 2.06 bits per heavy atom. The second-order valence-corrected chi connectivity index (χ2v) is 3.88. The van der Waals surface area contributed by atoms with E-state index in [9.17, 15) is 14.0 Å². The normalized spacial score (nSPS) is 11.8. The lowest BCUT2D eigenvalue weighted by atomic mass is 10.2. The maximum Gasteiger partial charge on any atom is 0.241 e. The van der Waals surface area contributed by atoms with E-state index in [1.807, 2.05) is 0 Å². The van der Waals surface area contributed by atoms with Crippen LogP contribution in [0.3, 0.4) is 0 Å². The monoisotopic (exact) mass is 253 g/mol. The molecule has 1 rings (SSSR count). The third kappa shape index (κ3) is 3.81. The predicted molar refractivity (Wildman–Crippen MR) is 67.6 cm³/mol. The molecule has 0 spiro atoms. The van der Waals surface area contributed by atoms with Gasteiger partial charge >= 0.3 is 0 Å². The molecule has 6 heteroatoms. The van der Waals surface area contributed by atoms with Crippen molar-refractivity contribution in [3.05, 3.63) is 24.0 Å². The molecule has 1 atom stereocenters. The fraction of sp³-hybridized carbons (Fsp3) is 0.333. The van der Waals surface area contributed by atoms with Gasteiger partial charge in [-0.2, -0.15) is 0 Å². The minimum Gasteiger partial charge on any atom is -0.326 e. The fourth-order valence-corrected chi connectivity index (χ4v) is 1.31. The van der Waals surface area contributed by atoms with E-state index >= 15 is 0 Å². The van der Waals surface area contributed by atoms with Crippen LogP contribution in [0.4, 0.5) is 15.8 Å². The molecule has 0 saturated carbocycles. The van der Waals surface area contributed by atoms with Gasteiger partial charge in [0.05, 0.1) is 11.7 Å². The Bertz CT molecular complexity index is 463. The molecule has 0 aliphatic heterocycles. The van der Waals surface area contributed by atoms with Crippen LogP contribution in [0.25, 0.3) is 0 Å². The summed E-state index contributed by atoms with van der Waals surface area (Å²) >= 11 is 0. The van der Waals surface area contributed by atoms with Crippen molar-refractivity contribution in [2.24, 2.45) is 5.73 Å². The highest BCUT2D eigenvalue weighted by Gasteiger charge is 2.13. The third-order valence-corrected chi connectivity index (χ3v) is 2.32. The Balaban J connectivity index is 2.87. The summed E-state index contributed by atoms with van der Waals surface area (Å²) < 4.78 is 13.5. The molecule has 0 unspecified atom stereocenters. The standard InChI is InChI=1S/C12H16FN3O2/c1-3-10(14)12(18)16-11-6-8(15-7(2)17)4-5-9(11)13/h4-6,10H,3,14H2,1-2H3,(H,15,17)(H,16,18)/t10-/m1/s1. The van der Waals surface area contributed by atoms with Crippen LogP contribution >= 0.6 is 0 Å². The first kappa shape index (κ1) is 14.1. The first-order chi connectivity index (χ1) is 8.43. The molecule has 0 bridgehead atoms. The van der Waals surface area contributed by atoms with E-state index in [1.54, 1.807) is 6.92 Å². The van der Waals surface area contributed by atoms with Gasteiger partial charge in [0.2, 0.25) is 11.8 Å². The van der Waals surface area contributed by atoms with Gasteiger partial charge in [-0.05, 0) is 24.6 Å². The van der Waals surface area contributed by atoms with Crippen LogP contribution in [0.15, 0.2) is 18.2 Å². The average molecular weight is 253 g/mol. The van der Waals surface area contributed by atoms with E-state index in [0.717, 1.165) is 0 Å². The molecule has 0 aromatic heterocycles. The number of nitrogens with one attached hydrogen (secondary N) is 2. The van der Waals surface area contributed by atoms with Crippen LogP contribution in [-0.4, -0.2) is 17.9 Å². The van der Waals surface area contributed by atoms with Crippen molar-refractivity contribution in [1.82, 2.24) is 0 Å². The van der Waals surface area contributed by atoms with Crippen LogP contribution in [0.5, 0.6) is 0 Å².